The van der Waals surface area contributed by atoms with Crippen LogP contribution >= 0.6 is 0 Å². The van der Waals surface area contributed by atoms with Gasteiger partial charge in [0.1, 0.15) is 0 Å². The largest absolute Gasteiger partial charge is 0.478 e. The molecule has 3 N–H and O–H groups in total. The van der Waals surface area contributed by atoms with Crippen molar-refractivity contribution in [1.29, 1.82) is 0 Å². The first-order valence-electron chi connectivity index (χ1n) is 4.99. The summed E-state index contributed by atoms with van der Waals surface area (Å²) in [6.45, 7) is 4.52. The van der Waals surface area contributed by atoms with Crippen LogP contribution in [0.4, 0.5) is 0 Å². The van der Waals surface area contributed by atoms with E-state index in [0.717, 1.165) is 0 Å². The van der Waals surface area contributed by atoms with E-state index in [1.54, 1.807) is 0 Å². The SMILES string of the molecule is Cc1c(C(C)(C)O)ccc(C(=O)O)c1C(=O)O. The van der Waals surface area contributed by atoms with Crippen LogP contribution in [0.25, 0.3) is 0 Å². The van der Waals surface area contributed by atoms with Crippen LogP contribution in [0.5, 0.6) is 0 Å². The van der Waals surface area contributed by atoms with Gasteiger partial charge in [0.05, 0.1) is 16.7 Å². The van der Waals surface area contributed by atoms with Crippen molar-refractivity contribution in [2.45, 2.75) is 26.4 Å². The van der Waals surface area contributed by atoms with Crippen molar-refractivity contribution < 1.29 is 24.9 Å². The highest BCUT2D eigenvalue weighted by Gasteiger charge is 2.26. The molecule has 5 heteroatoms. The van der Waals surface area contributed by atoms with Crippen molar-refractivity contribution in [3.05, 3.63) is 34.4 Å². The Bertz CT molecular complexity index is 482. The van der Waals surface area contributed by atoms with Crippen molar-refractivity contribution in [1.82, 2.24) is 0 Å². The topological polar surface area (TPSA) is 94.8 Å². The molecule has 0 aliphatic heterocycles. The molecule has 0 aliphatic rings. The number of carboxylic acids is 2. The Balaban J connectivity index is 3.61. The summed E-state index contributed by atoms with van der Waals surface area (Å²) >= 11 is 0. The summed E-state index contributed by atoms with van der Waals surface area (Å²) in [5.74, 6) is -2.61. The third-order valence-corrected chi connectivity index (χ3v) is 2.57. The second-order valence-electron chi connectivity index (χ2n) is 4.33. The highest BCUT2D eigenvalue weighted by atomic mass is 16.4. The summed E-state index contributed by atoms with van der Waals surface area (Å²) in [5.41, 5.74) is -1.10. The van der Waals surface area contributed by atoms with Gasteiger partial charge >= 0.3 is 11.9 Å². The minimum absolute atomic E-state index is 0.268. The van der Waals surface area contributed by atoms with E-state index in [1.165, 1.54) is 32.9 Å². The predicted octanol–water partition coefficient (Wildman–Crippen LogP) is 1.62. The van der Waals surface area contributed by atoms with Crippen LogP contribution in [0.3, 0.4) is 0 Å². The third-order valence-electron chi connectivity index (χ3n) is 2.57. The maximum atomic E-state index is 11.1. The number of rotatable bonds is 3. The molecule has 0 saturated heterocycles. The van der Waals surface area contributed by atoms with Crippen LogP contribution in [0.1, 0.15) is 45.7 Å². The Morgan fingerprint density at radius 1 is 1.12 bits per heavy atom. The van der Waals surface area contributed by atoms with Crippen LogP contribution in [0.2, 0.25) is 0 Å². The Hall–Kier alpha value is -1.88. The predicted molar refractivity (Wildman–Crippen MR) is 60.3 cm³/mol. The fraction of sp³-hybridized carbons (Fsp3) is 0.333. The molecule has 0 aliphatic carbocycles. The maximum Gasteiger partial charge on any atom is 0.336 e. The van der Waals surface area contributed by atoms with E-state index in [1.807, 2.05) is 0 Å². The zero-order valence-electron chi connectivity index (χ0n) is 9.81. The van der Waals surface area contributed by atoms with Crippen LogP contribution in [-0.2, 0) is 5.60 Å². The van der Waals surface area contributed by atoms with Crippen LogP contribution in [0, 0.1) is 6.92 Å². The quantitative estimate of drug-likeness (QED) is 0.743. The Kier molecular flexibility index (Phi) is 3.24. The highest BCUT2D eigenvalue weighted by Crippen LogP contribution is 2.27. The summed E-state index contributed by atoms with van der Waals surface area (Å²) in [6, 6.07) is 2.64. The van der Waals surface area contributed by atoms with Gasteiger partial charge in [-0.05, 0) is 38.0 Å². The first-order valence-corrected chi connectivity index (χ1v) is 4.99. The molecule has 0 bridgehead atoms. The van der Waals surface area contributed by atoms with Gasteiger partial charge < -0.3 is 15.3 Å². The normalized spacial score (nSPS) is 11.3. The minimum atomic E-state index is -1.31. The average molecular weight is 238 g/mol. The lowest BCUT2D eigenvalue weighted by atomic mass is 9.88. The molecule has 1 rings (SSSR count). The molecule has 0 spiro atoms. The molecule has 0 amide bonds. The molecule has 0 heterocycles. The van der Waals surface area contributed by atoms with Crippen molar-refractivity contribution in [3.63, 3.8) is 0 Å². The van der Waals surface area contributed by atoms with Gasteiger partial charge in [-0.15, -0.1) is 0 Å². The summed E-state index contributed by atoms with van der Waals surface area (Å²) in [5, 5.41) is 27.8. The summed E-state index contributed by atoms with van der Waals surface area (Å²) in [4.78, 5) is 22.0. The van der Waals surface area contributed by atoms with Crippen molar-refractivity contribution in [2.75, 3.05) is 0 Å². The van der Waals surface area contributed by atoms with Gasteiger partial charge in [0.2, 0.25) is 0 Å². The molecule has 0 aromatic heterocycles. The van der Waals surface area contributed by atoms with E-state index in [4.69, 9.17) is 10.2 Å². The number of aromatic carboxylic acids is 2. The van der Waals surface area contributed by atoms with Crippen LogP contribution < -0.4 is 0 Å². The molecule has 0 atom stereocenters. The van der Waals surface area contributed by atoms with E-state index in [-0.39, 0.29) is 16.7 Å². The zero-order valence-corrected chi connectivity index (χ0v) is 9.81. The third kappa shape index (κ3) is 2.45. The van der Waals surface area contributed by atoms with E-state index in [2.05, 4.69) is 0 Å². The number of benzene rings is 1. The molecule has 0 saturated carbocycles. The zero-order chi connectivity index (χ0) is 13.4. The molecule has 5 nitrogen and oxygen atoms in total. The molecule has 92 valence electrons. The molecular formula is C12H14O5. The first kappa shape index (κ1) is 13.2. The van der Waals surface area contributed by atoms with Gasteiger partial charge in [-0.1, -0.05) is 6.07 Å². The monoisotopic (exact) mass is 238 g/mol. The molecule has 17 heavy (non-hydrogen) atoms. The van der Waals surface area contributed by atoms with E-state index in [0.29, 0.717) is 5.56 Å². The molecule has 1 aromatic rings. The Labute approximate surface area is 98.3 Å². The van der Waals surface area contributed by atoms with Crippen LogP contribution in [-0.4, -0.2) is 27.3 Å². The number of hydrogen-bond acceptors (Lipinski definition) is 3. The standard InChI is InChI=1S/C12H14O5/c1-6-8(12(2,3)17)5-4-7(10(13)14)9(6)11(15)16/h4-5,17H,1-3H3,(H,13,14)(H,15,16). The van der Waals surface area contributed by atoms with Gasteiger partial charge in [0.15, 0.2) is 0 Å². The molecule has 0 fully saturated rings. The number of aliphatic hydroxyl groups is 1. The summed E-state index contributed by atoms with van der Waals surface area (Å²) < 4.78 is 0. The van der Waals surface area contributed by atoms with Gasteiger partial charge in [-0.3, -0.25) is 0 Å². The number of carbonyl (C=O) groups is 2. The smallest absolute Gasteiger partial charge is 0.336 e. The average Bonchev–Trinajstić information content (AvgIpc) is 2.13. The summed E-state index contributed by atoms with van der Waals surface area (Å²) in [7, 11) is 0. The molecule has 0 unspecified atom stereocenters. The van der Waals surface area contributed by atoms with Crippen molar-refractivity contribution in [3.8, 4) is 0 Å². The lowest BCUT2D eigenvalue weighted by Crippen LogP contribution is -2.21. The fourth-order valence-electron chi connectivity index (χ4n) is 1.83. The van der Waals surface area contributed by atoms with E-state index >= 15 is 0 Å². The lowest BCUT2D eigenvalue weighted by Gasteiger charge is -2.22. The second kappa shape index (κ2) is 4.18. The molecular weight excluding hydrogens is 224 g/mol. The maximum absolute atomic E-state index is 11.1. The van der Waals surface area contributed by atoms with E-state index in [9.17, 15) is 14.7 Å². The van der Waals surface area contributed by atoms with E-state index < -0.39 is 17.5 Å². The highest BCUT2D eigenvalue weighted by molar-refractivity contribution is 6.03. The van der Waals surface area contributed by atoms with Gasteiger partial charge in [0.25, 0.3) is 0 Å². The Morgan fingerprint density at radius 2 is 1.65 bits per heavy atom. The Morgan fingerprint density at radius 3 is 2.00 bits per heavy atom. The van der Waals surface area contributed by atoms with Gasteiger partial charge in [-0.25, -0.2) is 9.59 Å². The summed E-state index contributed by atoms with van der Waals surface area (Å²) in [6.07, 6.45) is 0. The lowest BCUT2D eigenvalue weighted by molar-refractivity contribution is 0.0644. The van der Waals surface area contributed by atoms with Crippen molar-refractivity contribution in [2.24, 2.45) is 0 Å². The number of carboxylic acid groups (broad SMARTS) is 2. The van der Waals surface area contributed by atoms with Gasteiger partial charge in [0, 0.05) is 0 Å². The van der Waals surface area contributed by atoms with Crippen LogP contribution in [0.15, 0.2) is 12.1 Å². The second-order valence-corrected chi connectivity index (χ2v) is 4.33. The molecule has 1 aromatic carbocycles. The minimum Gasteiger partial charge on any atom is -0.478 e. The van der Waals surface area contributed by atoms with Crippen molar-refractivity contribution >= 4 is 11.9 Å². The first-order chi connectivity index (χ1) is 7.66. The van der Waals surface area contributed by atoms with Gasteiger partial charge in [-0.2, -0.15) is 0 Å². The molecule has 0 radical (unpaired) electrons. The fourth-order valence-corrected chi connectivity index (χ4v) is 1.83. The number of hydrogen-bond donors (Lipinski definition) is 3.